The highest BCUT2D eigenvalue weighted by Gasteiger charge is 2.27. The highest BCUT2D eigenvalue weighted by molar-refractivity contribution is 6.07. The Bertz CT molecular complexity index is 1090. The fraction of sp³-hybridized carbons (Fsp3) is 0.320. The smallest absolute Gasteiger partial charge is 0.251 e. The van der Waals surface area contributed by atoms with Crippen molar-refractivity contribution in [3.05, 3.63) is 59.9 Å². The van der Waals surface area contributed by atoms with Crippen molar-refractivity contribution >= 4 is 28.9 Å². The SMILES string of the molecule is CCCCOCC(=O)Nc1cc(-c2[nH]c3c(c2Nc2ccccc2)C(=O)CCC3)ccn1. The Hall–Kier alpha value is -3.45. The van der Waals surface area contributed by atoms with E-state index in [1.807, 2.05) is 42.5 Å². The van der Waals surface area contributed by atoms with Gasteiger partial charge in [-0.2, -0.15) is 0 Å². The Balaban J connectivity index is 1.61. The molecule has 0 unspecified atom stereocenters. The van der Waals surface area contributed by atoms with Gasteiger partial charge in [0.1, 0.15) is 12.4 Å². The number of anilines is 3. The van der Waals surface area contributed by atoms with Crippen LogP contribution >= 0.6 is 0 Å². The second-order valence-corrected chi connectivity index (χ2v) is 7.88. The molecule has 1 amide bonds. The van der Waals surface area contributed by atoms with Gasteiger partial charge in [-0.15, -0.1) is 0 Å². The number of unbranched alkanes of at least 4 members (excludes halogenated alkanes) is 1. The molecule has 1 aromatic carbocycles. The fourth-order valence-corrected chi connectivity index (χ4v) is 3.85. The number of hydrogen-bond donors (Lipinski definition) is 3. The van der Waals surface area contributed by atoms with Crippen molar-refractivity contribution in [2.75, 3.05) is 23.8 Å². The van der Waals surface area contributed by atoms with Crippen LogP contribution in [0.15, 0.2) is 48.7 Å². The number of aromatic nitrogens is 2. The second-order valence-electron chi connectivity index (χ2n) is 7.88. The maximum absolute atomic E-state index is 12.8. The normalized spacial score (nSPS) is 13.0. The van der Waals surface area contributed by atoms with Gasteiger partial charge >= 0.3 is 0 Å². The zero-order chi connectivity index (χ0) is 22.3. The lowest BCUT2D eigenvalue weighted by Gasteiger charge is -2.14. The predicted octanol–water partition coefficient (Wildman–Crippen LogP) is 5.09. The number of hydrogen-bond acceptors (Lipinski definition) is 5. The number of para-hydroxylation sites is 1. The summed E-state index contributed by atoms with van der Waals surface area (Å²) in [4.78, 5) is 32.7. The molecule has 0 aliphatic heterocycles. The van der Waals surface area contributed by atoms with E-state index in [0.29, 0.717) is 18.8 Å². The van der Waals surface area contributed by atoms with Gasteiger partial charge in [0.25, 0.3) is 5.91 Å². The van der Waals surface area contributed by atoms with E-state index in [-0.39, 0.29) is 18.3 Å². The molecule has 1 aliphatic rings. The van der Waals surface area contributed by atoms with Crippen LogP contribution in [-0.2, 0) is 16.0 Å². The first-order valence-electron chi connectivity index (χ1n) is 11.1. The first-order valence-corrected chi connectivity index (χ1v) is 11.1. The molecule has 166 valence electrons. The molecule has 0 radical (unpaired) electrons. The fourth-order valence-electron chi connectivity index (χ4n) is 3.85. The topological polar surface area (TPSA) is 96.1 Å². The maximum atomic E-state index is 12.8. The van der Waals surface area contributed by atoms with Crippen LogP contribution < -0.4 is 10.6 Å². The van der Waals surface area contributed by atoms with Crippen LogP contribution in [0.25, 0.3) is 11.3 Å². The van der Waals surface area contributed by atoms with Crippen molar-refractivity contribution in [2.45, 2.75) is 39.0 Å². The van der Waals surface area contributed by atoms with Crippen LogP contribution in [0.4, 0.5) is 17.2 Å². The summed E-state index contributed by atoms with van der Waals surface area (Å²) in [5.41, 5.74) is 4.99. The van der Waals surface area contributed by atoms with E-state index in [4.69, 9.17) is 4.74 Å². The summed E-state index contributed by atoms with van der Waals surface area (Å²) in [5, 5.41) is 6.22. The molecule has 7 nitrogen and oxygen atoms in total. The molecule has 32 heavy (non-hydrogen) atoms. The minimum Gasteiger partial charge on any atom is -0.372 e. The molecule has 0 bridgehead atoms. The average molecular weight is 433 g/mol. The van der Waals surface area contributed by atoms with Gasteiger partial charge < -0.3 is 20.4 Å². The first-order chi connectivity index (χ1) is 15.7. The molecule has 3 aromatic rings. The second kappa shape index (κ2) is 10.2. The third-order valence-electron chi connectivity index (χ3n) is 5.42. The number of amides is 1. The standard InChI is InChI=1S/C25H28N4O3/c1-2-3-14-32-16-22(31)29-21-15-17(12-13-26-21)24-25(27-18-8-5-4-6-9-18)23-19(28-24)10-7-11-20(23)30/h4-6,8-9,12-13,15,27-28H,2-3,7,10-11,14,16H2,1H3,(H,26,29,31). The number of nitrogens with zero attached hydrogens (tertiary/aromatic N) is 1. The number of pyridine rings is 1. The molecule has 2 heterocycles. The summed E-state index contributed by atoms with van der Waals surface area (Å²) < 4.78 is 5.38. The van der Waals surface area contributed by atoms with Crippen molar-refractivity contribution in [1.29, 1.82) is 0 Å². The molecule has 0 saturated heterocycles. The average Bonchev–Trinajstić information content (AvgIpc) is 3.17. The van der Waals surface area contributed by atoms with Gasteiger partial charge in [-0.1, -0.05) is 31.5 Å². The number of aromatic amines is 1. The molecule has 7 heteroatoms. The van der Waals surface area contributed by atoms with E-state index >= 15 is 0 Å². The molecule has 0 atom stereocenters. The molecule has 2 aromatic heterocycles. The summed E-state index contributed by atoms with van der Waals surface area (Å²) in [6.45, 7) is 2.64. The molecule has 3 N–H and O–H groups in total. The van der Waals surface area contributed by atoms with Gasteiger partial charge in [0.15, 0.2) is 5.78 Å². The number of carbonyl (C=O) groups is 2. The predicted molar refractivity (Wildman–Crippen MR) is 125 cm³/mol. The van der Waals surface area contributed by atoms with E-state index < -0.39 is 0 Å². The maximum Gasteiger partial charge on any atom is 0.251 e. The monoisotopic (exact) mass is 432 g/mol. The van der Waals surface area contributed by atoms with Crippen LogP contribution in [-0.4, -0.2) is 34.9 Å². The first kappa shape index (κ1) is 21.8. The van der Waals surface area contributed by atoms with Gasteiger partial charge in [0.05, 0.1) is 16.9 Å². The van der Waals surface area contributed by atoms with E-state index in [0.717, 1.165) is 59.6 Å². The number of aryl methyl sites for hydroxylation is 1. The minimum atomic E-state index is -0.241. The van der Waals surface area contributed by atoms with Crippen LogP contribution in [0.1, 0.15) is 48.7 Å². The Labute approximate surface area is 187 Å². The van der Waals surface area contributed by atoms with Crippen molar-refractivity contribution in [3.63, 3.8) is 0 Å². The zero-order valence-corrected chi connectivity index (χ0v) is 18.2. The van der Waals surface area contributed by atoms with E-state index in [1.54, 1.807) is 6.20 Å². The van der Waals surface area contributed by atoms with Crippen molar-refractivity contribution in [1.82, 2.24) is 9.97 Å². The van der Waals surface area contributed by atoms with Crippen LogP contribution in [0.3, 0.4) is 0 Å². The van der Waals surface area contributed by atoms with E-state index in [1.165, 1.54) is 0 Å². The van der Waals surface area contributed by atoms with Crippen LogP contribution in [0.5, 0.6) is 0 Å². The number of nitrogens with one attached hydrogen (secondary N) is 3. The highest BCUT2D eigenvalue weighted by Crippen LogP contribution is 2.39. The highest BCUT2D eigenvalue weighted by atomic mass is 16.5. The Morgan fingerprint density at radius 3 is 2.84 bits per heavy atom. The van der Waals surface area contributed by atoms with Crippen LogP contribution in [0, 0.1) is 0 Å². The molecule has 0 spiro atoms. The number of rotatable bonds is 9. The van der Waals surface area contributed by atoms with E-state index in [9.17, 15) is 9.59 Å². The molecule has 1 aliphatic carbocycles. The number of carbonyl (C=O) groups excluding carboxylic acids is 2. The third-order valence-corrected chi connectivity index (χ3v) is 5.42. The number of H-pyrrole nitrogens is 1. The number of fused-ring (bicyclic) bond motifs is 1. The summed E-state index contributed by atoms with van der Waals surface area (Å²) in [6, 6.07) is 13.5. The summed E-state index contributed by atoms with van der Waals surface area (Å²) in [6.07, 6.45) is 5.81. The summed E-state index contributed by atoms with van der Waals surface area (Å²) in [7, 11) is 0. The quantitative estimate of drug-likeness (QED) is 0.409. The van der Waals surface area contributed by atoms with Gasteiger partial charge in [-0.25, -0.2) is 4.98 Å². The zero-order valence-electron chi connectivity index (χ0n) is 18.2. The molecular weight excluding hydrogens is 404 g/mol. The number of ketones is 1. The lowest BCUT2D eigenvalue weighted by Crippen LogP contribution is -2.19. The molecule has 0 fully saturated rings. The Kier molecular flexibility index (Phi) is 6.97. The number of ether oxygens (including phenoxy) is 1. The molecule has 4 rings (SSSR count). The lowest BCUT2D eigenvalue weighted by molar-refractivity contribution is -0.120. The van der Waals surface area contributed by atoms with Gasteiger partial charge in [0, 0.05) is 36.2 Å². The Morgan fingerprint density at radius 2 is 2.03 bits per heavy atom. The Morgan fingerprint density at radius 1 is 1.19 bits per heavy atom. The minimum absolute atomic E-state index is 0.00196. The molecular formula is C25H28N4O3. The molecule has 0 saturated carbocycles. The summed E-state index contributed by atoms with van der Waals surface area (Å²) >= 11 is 0. The number of benzene rings is 1. The number of Topliss-reactive ketones (excluding diaryl/α,β-unsaturated/α-hetero) is 1. The van der Waals surface area contributed by atoms with Crippen molar-refractivity contribution in [2.24, 2.45) is 0 Å². The third kappa shape index (κ3) is 5.06. The van der Waals surface area contributed by atoms with Gasteiger partial charge in [-0.05, 0) is 43.5 Å². The van der Waals surface area contributed by atoms with Crippen molar-refractivity contribution in [3.8, 4) is 11.3 Å². The van der Waals surface area contributed by atoms with E-state index in [2.05, 4.69) is 27.5 Å². The van der Waals surface area contributed by atoms with Gasteiger partial charge in [0.2, 0.25) is 0 Å². The largest absolute Gasteiger partial charge is 0.372 e. The lowest BCUT2D eigenvalue weighted by atomic mass is 9.95. The van der Waals surface area contributed by atoms with Crippen molar-refractivity contribution < 1.29 is 14.3 Å². The summed E-state index contributed by atoms with van der Waals surface area (Å²) in [5.74, 6) is 0.337. The van der Waals surface area contributed by atoms with Crippen LogP contribution in [0.2, 0.25) is 0 Å². The van der Waals surface area contributed by atoms with Gasteiger partial charge in [-0.3, -0.25) is 9.59 Å².